The second-order valence-corrected chi connectivity index (χ2v) is 6.75. The Bertz CT molecular complexity index is 1070. The van der Waals surface area contributed by atoms with Crippen molar-refractivity contribution in [2.24, 2.45) is 0 Å². The van der Waals surface area contributed by atoms with Gasteiger partial charge in [0.2, 0.25) is 0 Å². The summed E-state index contributed by atoms with van der Waals surface area (Å²) in [5.74, 6) is -0.403. The average molecular weight is 354 g/mol. The van der Waals surface area contributed by atoms with E-state index >= 15 is 0 Å². The molecule has 27 heavy (non-hydrogen) atoms. The first-order valence-electron chi connectivity index (χ1n) is 8.74. The molecule has 1 heterocycles. The summed E-state index contributed by atoms with van der Waals surface area (Å²) in [6.07, 6.45) is 0. The molecule has 1 N–H and O–H groups in total. The number of rotatable bonds is 3. The van der Waals surface area contributed by atoms with Gasteiger partial charge in [-0.25, -0.2) is 0 Å². The summed E-state index contributed by atoms with van der Waals surface area (Å²) in [4.78, 5) is 14.9. The Morgan fingerprint density at radius 2 is 1.67 bits per heavy atom. The first-order valence-corrected chi connectivity index (χ1v) is 8.74. The lowest BCUT2D eigenvalue weighted by Crippen LogP contribution is -2.41. The molecule has 0 radical (unpaired) electrons. The minimum absolute atomic E-state index is 0.230. The maximum Gasteiger partial charge on any atom is 0.268 e. The number of benzene rings is 3. The predicted octanol–water partition coefficient (Wildman–Crippen LogP) is 3.65. The van der Waals surface area contributed by atoms with Gasteiger partial charge < -0.3 is 10.0 Å². The van der Waals surface area contributed by atoms with Crippen molar-refractivity contribution in [3.63, 3.8) is 0 Å². The quantitative estimate of drug-likeness (QED) is 0.781. The fourth-order valence-corrected chi connectivity index (χ4v) is 3.60. The molecule has 0 saturated carbocycles. The number of aliphatic hydroxyl groups is 1. The van der Waals surface area contributed by atoms with Gasteiger partial charge in [0.25, 0.3) is 5.91 Å². The molecule has 0 fully saturated rings. The van der Waals surface area contributed by atoms with Crippen LogP contribution in [0.15, 0.2) is 72.8 Å². The highest BCUT2D eigenvalue weighted by atomic mass is 16.3. The maximum atomic E-state index is 13.4. The van der Waals surface area contributed by atoms with Gasteiger partial charge in [0.05, 0.1) is 23.9 Å². The summed E-state index contributed by atoms with van der Waals surface area (Å²) in [6.45, 7) is 2.19. The second-order valence-electron chi connectivity index (χ2n) is 6.75. The van der Waals surface area contributed by atoms with Crippen LogP contribution in [0, 0.1) is 18.3 Å². The Balaban J connectivity index is 1.83. The number of carbonyl (C=O) groups is 1. The van der Waals surface area contributed by atoms with Crippen LogP contribution in [0.1, 0.15) is 27.8 Å². The van der Waals surface area contributed by atoms with E-state index in [4.69, 9.17) is 0 Å². The van der Waals surface area contributed by atoms with Crippen LogP contribution in [-0.4, -0.2) is 11.0 Å². The Labute approximate surface area is 157 Å². The Hall–Kier alpha value is -3.42. The Morgan fingerprint density at radius 1 is 1.00 bits per heavy atom. The summed E-state index contributed by atoms with van der Waals surface area (Å²) in [5.41, 5.74) is 2.37. The number of nitrogens with zero attached hydrogens (tertiary/aromatic N) is 2. The highest BCUT2D eigenvalue weighted by molar-refractivity contribution is 6.09. The van der Waals surface area contributed by atoms with E-state index in [9.17, 15) is 15.2 Å². The second kappa shape index (κ2) is 6.39. The summed E-state index contributed by atoms with van der Waals surface area (Å²) in [5, 5.41) is 20.9. The molecule has 1 atom stereocenters. The summed E-state index contributed by atoms with van der Waals surface area (Å²) in [7, 11) is 0. The third-order valence-electron chi connectivity index (χ3n) is 5.07. The van der Waals surface area contributed by atoms with E-state index in [1.54, 1.807) is 35.2 Å². The number of nitriles is 1. The highest BCUT2D eigenvalue weighted by Gasteiger charge is 2.50. The highest BCUT2D eigenvalue weighted by Crippen LogP contribution is 2.45. The SMILES string of the molecule is Cc1ccc([C@]2(O)C(=O)N(Cc3ccccc3C#N)c3ccccc32)cc1. The van der Waals surface area contributed by atoms with Gasteiger partial charge in [-0.15, -0.1) is 0 Å². The average Bonchev–Trinajstić information content (AvgIpc) is 2.92. The molecule has 4 heteroatoms. The van der Waals surface area contributed by atoms with Crippen LogP contribution in [0.2, 0.25) is 0 Å². The zero-order valence-electron chi connectivity index (χ0n) is 14.9. The molecule has 1 aliphatic heterocycles. The van der Waals surface area contributed by atoms with Crippen LogP contribution in [0.3, 0.4) is 0 Å². The van der Waals surface area contributed by atoms with Gasteiger partial charge in [-0.3, -0.25) is 4.79 Å². The first-order chi connectivity index (χ1) is 13.1. The van der Waals surface area contributed by atoms with E-state index in [2.05, 4.69) is 6.07 Å². The zero-order valence-corrected chi connectivity index (χ0v) is 14.9. The van der Waals surface area contributed by atoms with Crippen molar-refractivity contribution in [3.8, 4) is 6.07 Å². The zero-order chi connectivity index (χ0) is 19.0. The third kappa shape index (κ3) is 2.61. The van der Waals surface area contributed by atoms with Crippen LogP contribution in [0.5, 0.6) is 0 Å². The molecular weight excluding hydrogens is 336 g/mol. The van der Waals surface area contributed by atoms with Crippen molar-refractivity contribution in [2.45, 2.75) is 19.1 Å². The van der Waals surface area contributed by atoms with Gasteiger partial charge in [0.1, 0.15) is 0 Å². The van der Waals surface area contributed by atoms with Crippen LogP contribution in [0.25, 0.3) is 0 Å². The number of hydrogen-bond acceptors (Lipinski definition) is 3. The molecule has 0 bridgehead atoms. The molecule has 0 unspecified atom stereocenters. The van der Waals surface area contributed by atoms with Gasteiger partial charge >= 0.3 is 0 Å². The summed E-state index contributed by atoms with van der Waals surface area (Å²) in [6, 6.07) is 24.0. The molecule has 4 rings (SSSR count). The maximum absolute atomic E-state index is 13.4. The molecular formula is C23H18N2O2. The predicted molar refractivity (Wildman–Crippen MR) is 103 cm³/mol. The number of hydrogen-bond donors (Lipinski definition) is 1. The lowest BCUT2D eigenvalue weighted by molar-refractivity contribution is -0.132. The van der Waals surface area contributed by atoms with Crippen LogP contribution in [-0.2, 0) is 16.9 Å². The summed E-state index contributed by atoms with van der Waals surface area (Å²) < 4.78 is 0. The van der Waals surface area contributed by atoms with Crippen molar-refractivity contribution < 1.29 is 9.90 Å². The normalized spacial score (nSPS) is 18.3. The fourth-order valence-electron chi connectivity index (χ4n) is 3.60. The van der Waals surface area contributed by atoms with Gasteiger partial charge in [-0.1, -0.05) is 66.2 Å². The van der Waals surface area contributed by atoms with Gasteiger partial charge in [0.15, 0.2) is 5.60 Å². The van der Waals surface area contributed by atoms with Crippen molar-refractivity contribution in [1.82, 2.24) is 0 Å². The van der Waals surface area contributed by atoms with E-state index in [1.807, 2.05) is 49.4 Å². The van der Waals surface area contributed by atoms with Gasteiger partial charge in [0, 0.05) is 5.56 Å². The Kier molecular flexibility index (Phi) is 4.02. The van der Waals surface area contributed by atoms with Crippen molar-refractivity contribution in [2.75, 3.05) is 4.90 Å². The molecule has 0 spiro atoms. The van der Waals surface area contributed by atoms with Gasteiger partial charge in [-0.2, -0.15) is 5.26 Å². The molecule has 0 aliphatic carbocycles. The standard InChI is InChI=1S/C23H18N2O2/c1-16-10-12-19(13-11-16)23(27)20-8-4-5-9-21(20)25(22(23)26)15-18-7-3-2-6-17(18)14-24/h2-13,27H,15H2,1H3/t23-/m1/s1. The molecule has 3 aromatic carbocycles. The van der Waals surface area contributed by atoms with E-state index < -0.39 is 11.5 Å². The Morgan fingerprint density at radius 3 is 2.41 bits per heavy atom. The fraction of sp³-hybridized carbons (Fsp3) is 0.130. The lowest BCUT2D eigenvalue weighted by atomic mass is 9.87. The van der Waals surface area contributed by atoms with Crippen LogP contribution < -0.4 is 4.90 Å². The minimum atomic E-state index is -1.73. The number of carbonyl (C=O) groups excluding carboxylic acids is 1. The van der Waals surface area contributed by atoms with E-state index in [0.717, 1.165) is 11.1 Å². The third-order valence-corrected chi connectivity index (χ3v) is 5.07. The number of amides is 1. The summed E-state index contributed by atoms with van der Waals surface area (Å²) >= 11 is 0. The molecule has 0 aromatic heterocycles. The molecule has 1 aliphatic rings. The lowest BCUT2D eigenvalue weighted by Gasteiger charge is -2.24. The van der Waals surface area contributed by atoms with E-state index in [0.29, 0.717) is 22.4 Å². The van der Waals surface area contributed by atoms with Crippen molar-refractivity contribution >= 4 is 11.6 Å². The van der Waals surface area contributed by atoms with Crippen LogP contribution in [0.4, 0.5) is 5.69 Å². The monoisotopic (exact) mass is 354 g/mol. The van der Waals surface area contributed by atoms with Crippen LogP contribution >= 0.6 is 0 Å². The minimum Gasteiger partial charge on any atom is -0.372 e. The van der Waals surface area contributed by atoms with E-state index in [1.165, 1.54) is 0 Å². The smallest absolute Gasteiger partial charge is 0.268 e. The molecule has 132 valence electrons. The van der Waals surface area contributed by atoms with E-state index in [-0.39, 0.29) is 6.54 Å². The topological polar surface area (TPSA) is 64.3 Å². The van der Waals surface area contributed by atoms with Crippen molar-refractivity contribution in [3.05, 3.63) is 101 Å². The largest absolute Gasteiger partial charge is 0.372 e. The van der Waals surface area contributed by atoms with Gasteiger partial charge in [-0.05, 0) is 30.2 Å². The number of fused-ring (bicyclic) bond motifs is 1. The number of aryl methyl sites for hydroxylation is 1. The molecule has 1 amide bonds. The molecule has 4 nitrogen and oxygen atoms in total. The number of anilines is 1. The molecule has 3 aromatic rings. The molecule has 0 saturated heterocycles. The number of para-hydroxylation sites is 1. The van der Waals surface area contributed by atoms with Crippen molar-refractivity contribution in [1.29, 1.82) is 5.26 Å². The first kappa shape index (κ1) is 17.0.